The van der Waals surface area contributed by atoms with Gasteiger partial charge in [-0.3, -0.25) is 20.4 Å². The third kappa shape index (κ3) is 4.45. The molecule has 0 spiro atoms. The first-order valence-corrected chi connectivity index (χ1v) is 8.28. The van der Waals surface area contributed by atoms with Crippen LogP contribution in [0, 0.1) is 12.7 Å². The van der Waals surface area contributed by atoms with Gasteiger partial charge in [-0.1, -0.05) is 23.7 Å². The first-order chi connectivity index (χ1) is 12.9. The van der Waals surface area contributed by atoms with E-state index < -0.39 is 11.9 Å². The van der Waals surface area contributed by atoms with Crippen LogP contribution < -0.4 is 10.6 Å². The molecule has 0 atom stereocenters. The second kappa shape index (κ2) is 7.92. The van der Waals surface area contributed by atoms with Gasteiger partial charge in [0.1, 0.15) is 5.82 Å². The van der Waals surface area contributed by atoms with Crippen LogP contribution in [0.4, 0.5) is 15.0 Å². The van der Waals surface area contributed by atoms with Crippen LogP contribution in [0.15, 0.2) is 54.7 Å². The largest absolute Gasteiger partial charge is 0.327 e. The summed E-state index contributed by atoms with van der Waals surface area (Å²) in [4.78, 5) is 32.6. The van der Waals surface area contributed by atoms with Crippen molar-refractivity contribution in [1.29, 1.82) is 0 Å². The van der Waals surface area contributed by atoms with Crippen molar-refractivity contribution in [2.45, 2.75) is 6.92 Å². The smallest absolute Gasteiger partial charge is 0.291 e. The van der Waals surface area contributed by atoms with Crippen LogP contribution >= 0.6 is 11.6 Å². The second-order valence-electron chi connectivity index (χ2n) is 5.58. The highest BCUT2D eigenvalue weighted by molar-refractivity contribution is 6.34. The van der Waals surface area contributed by atoms with Crippen LogP contribution in [0.2, 0.25) is 5.02 Å². The molecule has 2 aromatic carbocycles. The first-order valence-electron chi connectivity index (χ1n) is 7.90. The normalized spacial score (nSPS) is 10.3. The summed E-state index contributed by atoms with van der Waals surface area (Å²) in [5.41, 5.74) is 1.99. The number of benzene rings is 2. The van der Waals surface area contributed by atoms with Crippen molar-refractivity contribution < 1.29 is 14.0 Å². The molecule has 0 aliphatic heterocycles. The number of carbonyl (C=O) groups is 2. The van der Waals surface area contributed by atoms with Crippen molar-refractivity contribution in [3.8, 4) is 11.3 Å². The molecule has 0 unspecified atom stereocenters. The molecule has 136 valence electrons. The van der Waals surface area contributed by atoms with E-state index in [2.05, 4.69) is 20.6 Å². The first kappa shape index (κ1) is 18.5. The predicted molar refractivity (Wildman–Crippen MR) is 100 cm³/mol. The highest BCUT2D eigenvalue weighted by Gasteiger charge is 2.14. The number of nitrogens with zero attached hydrogens (tertiary/aromatic N) is 2. The number of rotatable bonds is 3. The highest BCUT2D eigenvalue weighted by Crippen LogP contribution is 2.21. The lowest BCUT2D eigenvalue weighted by Crippen LogP contribution is -2.34. The lowest BCUT2D eigenvalue weighted by molar-refractivity contribution is 0.0967. The van der Waals surface area contributed by atoms with Crippen molar-refractivity contribution in [1.82, 2.24) is 15.3 Å². The molecule has 1 aromatic heterocycles. The number of imide groups is 1. The molecule has 0 bridgehead atoms. The lowest BCUT2D eigenvalue weighted by atomic mass is 10.1. The molecule has 6 nitrogen and oxygen atoms in total. The quantitative estimate of drug-likeness (QED) is 0.708. The Kier molecular flexibility index (Phi) is 5.42. The number of anilines is 1. The van der Waals surface area contributed by atoms with E-state index in [0.717, 1.165) is 0 Å². The Morgan fingerprint density at radius 1 is 1.07 bits per heavy atom. The van der Waals surface area contributed by atoms with Crippen molar-refractivity contribution in [2.24, 2.45) is 0 Å². The summed E-state index contributed by atoms with van der Waals surface area (Å²) in [5.74, 6) is -0.809. The van der Waals surface area contributed by atoms with Gasteiger partial charge in [-0.2, -0.15) is 0 Å². The monoisotopic (exact) mass is 384 g/mol. The minimum absolute atomic E-state index is 0.169. The molecule has 0 aliphatic rings. The van der Waals surface area contributed by atoms with Crippen molar-refractivity contribution in [2.75, 3.05) is 5.32 Å². The van der Waals surface area contributed by atoms with Gasteiger partial charge in [0, 0.05) is 5.56 Å². The van der Waals surface area contributed by atoms with E-state index >= 15 is 0 Å². The fourth-order valence-corrected chi connectivity index (χ4v) is 2.62. The Bertz CT molecular complexity index is 1010. The Balaban J connectivity index is 1.69. The van der Waals surface area contributed by atoms with Crippen molar-refractivity contribution >= 4 is 29.4 Å². The number of aryl methyl sites for hydroxylation is 1. The van der Waals surface area contributed by atoms with Crippen LogP contribution in [-0.2, 0) is 0 Å². The number of urea groups is 1. The van der Waals surface area contributed by atoms with Gasteiger partial charge in [0.15, 0.2) is 5.82 Å². The summed E-state index contributed by atoms with van der Waals surface area (Å²) in [6, 6.07) is 11.5. The number of halogens is 2. The van der Waals surface area contributed by atoms with E-state index in [1.54, 1.807) is 37.3 Å². The second-order valence-corrected chi connectivity index (χ2v) is 5.99. The van der Waals surface area contributed by atoms with E-state index in [1.807, 2.05) is 0 Å². The zero-order chi connectivity index (χ0) is 19.4. The lowest BCUT2D eigenvalue weighted by Gasteiger charge is -2.09. The molecule has 8 heteroatoms. The third-order valence-corrected chi connectivity index (χ3v) is 3.98. The van der Waals surface area contributed by atoms with E-state index in [9.17, 15) is 14.0 Å². The summed E-state index contributed by atoms with van der Waals surface area (Å²) >= 11 is 5.93. The van der Waals surface area contributed by atoms with Gasteiger partial charge in [-0.25, -0.2) is 14.2 Å². The summed E-state index contributed by atoms with van der Waals surface area (Å²) in [6.45, 7) is 1.71. The highest BCUT2D eigenvalue weighted by atomic mass is 35.5. The summed E-state index contributed by atoms with van der Waals surface area (Å²) in [5, 5.41) is 4.86. The molecule has 3 rings (SSSR count). The van der Waals surface area contributed by atoms with Gasteiger partial charge in [-0.15, -0.1) is 0 Å². The standard InChI is InChI=1S/C19H14ClFN4O2/c1-11-17(12-6-8-13(21)9-7-12)22-10-16(23-11)24-19(27)25-18(26)14-4-2-3-5-15(14)20/h2-10H,1H3,(H2,23,24,25,26,27). The van der Waals surface area contributed by atoms with E-state index in [-0.39, 0.29) is 22.2 Å². The molecule has 27 heavy (non-hydrogen) atoms. The van der Waals surface area contributed by atoms with Crippen LogP contribution in [0.3, 0.4) is 0 Å². The molecule has 3 aromatic rings. The van der Waals surface area contributed by atoms with Gasteiger partial charge in [-0.05, 0) is 43.3 Å². The van der Waals surface area contributed by atoms with E-state index in [0.29, 0.717) is 17.0 Å². The van der Waals surface area contributed by atoms with Gasteiger partial charge in [0.05, 0.1) is 28.2 Å². The molecule has 3 amide bonds. The Labute approximate surface area is 159 Å². The fraction of sp³-hybridized carbons (Fsp3) is 0.0526. The average Bonchev–Trinajstić information content (AvgIpc) is 2.63. The van der Waals surface area contributed by atoms with Gasteiger partial charge >= 0.3 is 6.03 Å². The number of hydrogen-bond donors (Lipinski definition) is 2. The summed E-state index contributed by atoms with van der Waals surface area (Å²) in [6.07, 6.45) is 1.35. The topological polar surface area (TPSA) is 84.0 Å². The zero-order valence-corrected chi connectivity index (χ0v) is 14.9. The summed E-state index contributed by atoms with van der Waals surface area (Å²) in [7, 11) is 0. The van der Waals surface area contributed by atoms with Crippen LogP contribution in [0.5, 0.6) is 0 Å². The minimum atomic E-state index is -0.761. The third-order valence-electron chi connectivity index (χ3n) is 3.65. The van der Waals surface area contributed by atoms with Crippen LogP contribution in [0.1, 0.15) is 16.1 Å². The Morgan fingerprint density at radius 3 is 2.44 bits per heavy atom. The minimum Gasteiger partial charge on any atom is -0.291 e. The number of nitrogens with one attached hydrogen (secondary N) is 2. The fourth-order valence-electron chi connectivity index (χ4n) is 2.40. The maximum absolute atomic E-state index is 13.0. The number of hydrogen-bond acceptors (Lipinski definition) is 4. The zero-order valence-electron chi connectivity index (χ0n) is 14.2. The molecule has 1 heterocycles. The number of amides is 3. The molecule has 2 N–H and O–H groups in total. The van der Waals surface area contributed by atoms with Gasteiger partial charge in [0.25, 0.3) is 5.91 Å². The van der Waals surface area contributed by atoms with Crippen LogP contribution in [0.25, 0.3) is 11.3 Å². The van der Waals surface area contributed by atoms with Gasteiger partial charge < -0.3 is 0 Å². The molecule has 0 saturated heterocycles. The molecule has 0 aliphatic carbocycles. The Morgan fingerprint density at radius 2 is 1.78 bits per heavy atom. The van der Waals surface area contributed by atoms with Crippen molar-refractivity contribution in [3.05, 3.63) is 76.8 Å². The van der Waals surface area contributed by atoms with Gasteiger partial charge in [0.2, 0.25) is 0 Å². The van der Waals surface area contributed by atoms with E-state index in [1.165, 1.54) is 24.4 Å². The Hall–Kier alpha value is -3.32. The summed E-state index contributed by atoms with van der Waals surface area (Å²) < 4.78 is 13.0. The average molecular weight is 385 g/mol. The molecule has 0 radical (unpaired) electrons. The van der Waals surface area contributed by atoms with Crippen molar-refractivity contribution in [3.63, 3.8) is 0 Å². The molecule has 0 saturated carbocycles. The maximum atomic E-state index is 13.0. The van der Waals surface area contributed by atoms with Crippen LogP contribution in [-0.4, -0.2) is 21.9 Å². The maximum Gasteiger partial charge on any atom is 0.327 e. The van der Waals surface area contributed by atoms with E-state index in [4.69, 9.17) is 11.6 Å². The molecule has 0 fully saturated rings. The molecular weight excluding hydrogens is 371 g/mol. The predicted octanol–water partition coefficient (Wildman–Crippen LogP) is 4.21. The SMILES string of the molecule is Cc1nc(NC(=O)NC(=O)c2ccccc2Cl)cnc1-c1ccc(F)cc1. The molecular formula is C19H14ClFN4O2. The number of aromatic nitrogens is 2. The number of carbonyl (C=O) groups excluding carboxylic acids is 2.